The molecule has 1 saturated heterocycles. The zero-order valence-corrected chi connectivity index (χ0v) is 13.4. The van der Waals surface area contributed by atoms with Gasteiger partial charge in [0.05, 0.1) is 6.10 Å². The lowest BCUT2D eigenvalue weighted by molar-refractivity contribution is 0.0800. The Bertz CT molecular complexity index is 754. The number of aliphatic hydroxyl groups excluding tert-OH is 1. The van der Waals surface area contributed by atoms with Gasteiger partial charge in [0.2, 0.25) is 0 Å². The van der Waals surface area contributed by atoms with E-state index in [1.807, 2.05) is 0 Å². The summed E-state index contributed by atoms with van der Waals surface area (Å²) in [6.07, 6.45) is 6.07. The third-order valence-corrected chi connectivity index (χ3v) is 4.63. The minimum Gasteiger partial charge on any atom is -0.393 e. The highest BCUT2D eigenvalue weighted by Crippen LogP contribution is 2.17. The fourth-order valence-electron chi connectivity index (χ4n) is 3.23. The number of hydrogen-bond donors (Lipinski definition) is 2. The Morgan fingerprint density at radius 3 is 2.87 bits per heavy atom. The first-order chi connectivity index (χ1) is 11.1. The number of rotatable bonds is 5. The molecule has 2 N–H and O–H groups in total. The van der Waals surface area contributed by atoms with Crippen LogP contribution < -0.4 is 5.56 Å². The third kappa shape index (κ3) is 3.38. The van der Waals surface area contributed by atoms with E-state index in [0.29, 0.717) is 22.9 Å². The monoisotopic (exact) mass is 317 g/mol. The fraction of sp³-hybridized carbons (Fsp3) is 0.529. The van der Waals surface area contributed by atoms with E-state index >= 15 is 0 Å². The summed E-state index contributed by atoms with van der Waals surface area (Å²) >= 11 is 0. The number of ketones is 1. The van der Waals surface area contributed by atoms with Crippen molar-refractivity contribution in [3.8, 4) is 0 Å². The van der Waals surface area contributed by atoms with Gasteiger partial charge in [-0.05, 0) is 31.9 Å². The van der Waals surface area contributed by atoms with E-state index in [0.717, 1.165) is 38.9 Å². The molecule has 1 aliphatic heterocycles. The number of aliphatic hydroxyl groups is 1. The van der Waals surface area contributed by atoms with Gasteiger partial charge in [0.25, 0.3) is 5.56 Å². The molecular formula is C17H23N3O3. The Hall–Kier alpha value is -1.92. The van der Waals surface area contributed by atoms with Crippen LogP contribution in [0.2, 0.25) is 0 Å². The molecule has 0 amide bonds. The van der Waals surface area contributed by atoms with Crippen molar-refractivity contribution in [1.29, 1.82) is 0 Å². The average Bonchev–Trinajstić information content (AvgIpc) is 3.02. The molecular weight excluding hydrogens is 294 g/mol. The highest BCUT2D eigenvalue weighted by atomic mass is 16.3. The van der Waals surface area contributed by atoms with Crippen molar-refractivity contribution in [2.45, 2.75) is 31.8 Å². The number of nitrogens with zero attached hydrogens (tertiary/aromatic N) is 2. The lowest BCUT2D eigenvalue weighted by atomic mass is 10.0. The Balaban J connectivity index is 1.64. The molecule has 0 saturated carbocycles. The van der Waals surface area contributed by atoms with Crippen LogP contribution in [0.25, 0.3) is 10.9 Å². The maximum Gasteiger partial charge on any atom is 0.274 e. The molecule has 23 heavy (non-hydrogen) atoms. The maximum atomic E-state index is 12.5. The Morgan fingerprint density at radius 1 is 1.39 bits per heavy atom. The predicted molar refractivity (Wildman–Crippen MR) is 88.8 cm³/mol. The first-order valence-corrected chi connectivity index (χ1v) is 8.16. The third-order valence-electron chi connectivity index (χ3n) is 4.63. The summed E-state index contributed by atoms with van der Waals surface area (Å²) < 4.78 is 1.46. The minimum absolute atomic E-state index is 0.0715. The second kappa shape index (κ2) is 6.68. The molecule has 0 aliphatic carbocycles. The number of carbonyl (C=O) groups is 1. The van der Waals surface area contributed by atoms with E-state index in [2.05, 4.69) is 9.88 Å². The Morgan fingerprint density at radius 2 is 2.13 bits per heavy atom. The molecule has 6 heteroatoms. The quantitative estimate of drug-likeness (QED) is 0.815. The lowest BCUT2D eigenvalue weighted by Gasteiger charge is -2.29. The summed E-state index contributed by atoms with van der Waals surface area (Å²) in [7, 11) is 1.67. The van der Waals surface area contributed by atoms with Gasteiger partial charge in [-0.25, -0.2) is 0 Å². The number of piperidine rings is 1. The van der Waals surface area contributed by atoms with Gasteiger partial charge in [-0.15, -0.1) is 0 Å². The van der Waals surface area contributed by atoms with E-state index in [9.17, 15) is 14.7 Å². The van der Waals surface area contributed by atoms with Crippen LogP contribution in [-0.2, 0) is 7.05 Å². The van der Waals surface area contributed by atoms with E-state index in [1.54, 1.807) is 25.5 Å². The highest BCUT2D eigenvalue weighted by molar-refractivity contribution is 6.07. The summed E-state index contributed by atoms with van der Waals surface area (Å²) in [5.74, 6) is 0.0715. The first-order valence-electron chi connectivity index (χ1n) is 8.16. The SMILES string of the molecule is Cn1cc(C(=O)CCCN2CCC(O)CC2)c2cc[nH]c2c1=O. The number of Topliss-reactive ketones (excluding diaryl/α,β-unsaturated/α-hetero) is 1. The van der Waals surface area contributed by atoms with Crippen LogP contribution in [0.15, 0.2) is 23.3 Å². The molecule has 2 aromatic heterocycles. The highest BCUT2D eigenvalue weighted by Gasteiger charge is 2.18. The second-order valence-corrected chi connectivity index (χ2v) is 6.32. The number of fused-ring (bicyclic) bond motifs is 1. The maximum absolute atomic E-state index is 12.5. The van der Waals surface area contributed by atoms with Gasteiger partial charge in [0.15, 0.2) is 5.78 Å². The molecule has 1 fully saturated rings. The molecule has 6 nitrogen and oxygen atoms in total. The normalized spacial score (nSPS) is 17.0. The number of aromatic nitrogens is 2. The predicted octanol–water partition coefficient (Wildman–Crippen LogP) is 1.29. The molecule has 0 bridgehead atoms. The van der Waals surface area contributed by atoms with Crippen LogP contribution in [0, 0.1) is 0 Å². The van der Waals surface area contributed by atoms with Crippen molar-refractivity contribution in [3.63, 3.8) is 0 Å². The molecule has 0 unspecified atom stereocenters. The topological polar surface area (TPSA) is 78.3 Å². The number of nitrogens with one attached hydrogen (secondary N) is 1. The molecule has 3 rings (SSSR count). The van der Waals surface area contributed by atoms with Gasteiger partial charge in [-0.2, -0.15) is 0 Å². The fourth-order valence-corrected chi connectivity index (χ4v) is 3.23. The van der Waals surface area contributed by atoms with Crippen molar-refractivity contribution >= 4 is 16.7 Å². The van der Waals surface area contributed by atoms with E-state index in [4.69, 9.17) is 0 Å². The van der Waals surface area contributed by atoms with Gasteiger partial charge < -0.3 is 19.6 Å². The van der Waals surface area contributed by atoms with Gasteiger partial charge in [-0.1, -0.05) is 0 Å². The van der Waals surface area contributed by atoms with Crippen molar-refractivity contribution in [2.75, 3.05) is 19.6 Å². The summed E-state index contributed by atoms with van der Waals surface area (Å²) in [6, 6.07) is 1.79. The summed E-state index contributed by atoms with van der Waals surface area (Å²) in [5, 5.41) is 10.2. The van der Waals surface area contributed by atoms with Crippen molar-refractivity contribution in [2.24, 2.45) is 7.05 Å². The number of aromatic amines is 1. The number of likely N-dealkylation sites (tertiary alicyclic amines) is 1. The number of aryl methyl sites for hydroxylation is 1. The standard InChI is InChI=1S/C17H23N3O3/c1-19-11-14(13-4-7-18-16(13)17(19)23)15(22)3-2-8-20-9-5-12(21)6-10-20/h4,7,11-12,18,21H,2-3,5-6,8-10H2,1H3. The summed E-state index contributed by atoms with van der Waals surface area (Å²) in [4.78, 5) is 29.7. The van der Waals surface area contributed by atoms with Gasteiger partial charge in [0, 0.05) is 49.9 Å². The number of hydrogen-bond acceptors (Lipinski definition) is 4. The molecule has 0 spiro atoms. The zero-order chi connectivity index (χ0) is 16.4. The lowest BCUT2D eigenvalue weighted by Crippen LogP contribution is -2.36. The van der Waals surface area contributed by atoms with E-state index in [1.165, 1.54) is 4.57 Å². The average molecular weight is 317 g/mol. The Kier molecular flexibility index (Phi) is 4.63. The van der Waals surface area contributed by atoms with Crippen LogP contribution in [0.3, 0.4) is 0 Å². The molecule has 1 aliphatic rings. The smallest absolute Gasteiger partial charge is 0.274 e. The van der Waals surface area contributed by atoms with Crippen LogP contribution in [-0.4, -0.2) is 51.1 Å². The second-order valence-electron chi connectivity index (χ2n) is 6.32. The Labute approximate surface area is 134 Å². The number of pyridine rings is 1. The number of carbonyl (C=O) groups excluding carboxylic acids is 1. The van der Waals surface area contributed by atoms with Gasteiger partial charge in [0.1, 0.15) is 5.52 Å². The van der Waals surface area contributed by atoms with Crippen LogP contribution in [0.1, 0.15) is 36.0 Å². The van der Waals surface area contributed by atoms with Gasteiger partial charge >= 0.3 is 0 Å². The van der Waals surface area contributed by atoms with E-state index in [-0.39, 0.29) is 17.4 Å². The summed E-state index contributed by atoms with van der Waals surface area (Å²) in [6.45, 7) is 2.68. The summed E-state index contributed by atoms with van der Waals surface area (Å²) in [5.41, 5.74) is 0.981. The van der Waals surface area contributed by atoms with Crippen molar-refractivity contribution < 1.29 is 9.90 Å². The minimum atomic E-state index is -0.166. The first kappa shape index (κ1) is 16.0. The van der Waals surface area contributed by atoms with E-state index < -0.39 is 0 Å². The van der Waals surface area contributed by atoms with Crippen LogP contribution in [0.4, 0.5) is 0 Å². The molecule has 2 aromatic rings. The van der Waals surface area contributed by atoms with Crippen molar-refractivity contribution in [1.82, 2.24) is 14.5 Å². The van der Waals surface area contributed by atoms with Gasteiger partial charge in [-0.3, -0.25) is 9.59 Å². The molecule has 0 atom stereocenters. The van der Waals surface area contributed by atoms with Crippen LogP contribution in [0.5, 0.6) is 0 Å². The molecule has 0 aromatic carbocycles. The van der Waals surface area contributed by atoms with Crippen LogP contribution >= 0.6 is 0 Å². The number of H-pyrrole nitrogens is 1. The largest absolute Gasteiger partial charge is 0.393 e. The molecule has 124 valence electrons. The zero-order valence-electron chi connectivity index (χ0n) is 13.4. The molecule has 0 radical (unpaired) electrons. The molecule has 3 heterocycles. The van der Waals surface area contributed by atoms with Crippen molar-refractivity contribution in [3.05, 3.63) is 34.4 Å².